The molecule has 2 N–H and O–H groups in total. The van der Waals surface area contributed by atoms with Gasteiger partial charge in [0.05, 0.1) is 6.54 Å². The molecule has 0 spiro atoms. The van der Waals surface area contributed by atoms with Crippen molar-refractivity contribution in [1.82, 2.24) is 5.32 Å². The van der Waals surface area contributed by atoms with E-state index in [0.29, 0.717) is 24.7 Å². The highest BCUT2D eigenvalue weighted by Crippen LogP contribution is 2.42. The van der Waals surface area contributed by atoms with Gasteiger partial charge in [0.1, 0.15) is 0 Å². The lowest BCUT2D eigenvalue weighted by Crippen LogP contribution is -2.42. The molecule has 5 heteroatoms. The van der Waals surface area contributed by atoms with E-state index in [-0.39, 0.29) is 30.9 Å². The zero-order valence-electron chi connectivity index (χ0n) is 15.2. The summed E-state index contributed by atoms with van der Waals surface area (Å²) in [5, 5.41) is 11.9. The maximum Gasteiger partial charge on any atom is 0.286 e. The monoisotopic (exact) mass is 349 g/mol. The van der Waals surface area contributed by atoms with Crippen molar-refractivity contribution in [2.45, 2.75) is 58.2 Å². The molecular weight excluding hydrogens is 318 g/mol. The second kappa shape index (κ2) is 10.5. The minimum atomic E-state index is -0.444. The fourth-order valence-corrected chi connectivity index (χ4v) is 4.06. The minimum Gasteiger partial charge on any atom is -0.459 e. The molecule has 0 bridgehead atoms. The van der Waals surface area contributed by atoms with Crippen LogP contribution in [0.3, 0.4) is 0 Å². The van der Waals surface area contributed by atoms with Crippen molar-refractivity contribution in [3.63, 3.8) is 0 Å². The zero-order chi connectivity index (χ0) is 18.1. The summed E-state index contributed by atoms with van der Waals surface area (Å²) in [5.41, 5.74) is 0. The maximum absolute atomic E-state index is 12.4. The van der Waals surface area contributed by atoms with Gasteiger partial charge < -0.3 is 19.9 Å². The first kappa shape index (κ1) is 19.8. The molecule has 0 aromatic rings. The van der Waals surface area contributed by atoms with Crippen LogP contribution in [-0.2, 0) is 14.3 Å². The predicted octanol–water partition coefficient (Wildman–Crippen LogP) is 2.60. The van der Waals surface area contributed by atoms with Gasteiger partial charge in [-0.25, -0.2) is 0 Å². The molecule has 5 nitrogen and oxygen atoms in total. The number of rotatable bonds is 8. The molecule has 1 amide bonds. The Bertz CT molecular complexity index is 490. The quantitative estimate of drug-likeness (QED) is 0.661. The molecule has 1 heterocycles. The Morgan fingerprint density at radius 1 is 1.44 bits per heavy atom. The largest absolute Gasteiger partial charge is 0.459 e. The van der Waals surface area contributed by atoms with Crippen LogP contribution in [0.5, 0.6) is 0 Å². The third-order valence-corrected chi connectivity index (χ3v) is 5.23. The number of amides is 1. The number of hydrogen-bond acceptors (Lipinski definition) is 4. The lowest BCUT2D eigenvalue weighted by Gasteiger charge is -2.41. The number of carbonyl (C=O) groups excluding carboxylic acids is 1. The van der Waals surface area contributed by atoms with Crippen LogP contribution in [0.2, 0.25) is 0 Å². The van der Waals surface area contributed by atoms with Crippen LogP contribution < -0.4 is 5.32 Å². The average molecular weight is 349 g/mol. The first-order chi connectivity index (χ1) is 12.2. The SMILES string of the molecule is C#CCNC(=O)C1=C[C@H](C2CCCCC2)[C@H](CCCO)[C@H](OCC)O1. The van der Waals surface area contributed by atoms with Gasteiger partial charge in [0.15, 0.2) is 5.76 Å². The first-order valence-corrected chi connectivity index (χ1v) is 9.53. The van der Waals surface area contributed by atoms with Crippen LogP contribution in [-0.4, -0.2) is 37.1 Å². The highest BCUT2D eigenvalue weighted by Gasteiger charge is 2.40. The van der Waals surface area contributed by atoms with Crippen molar-refractivity contribution >= 4 is 5.91 Å². The summed E-state index contributed by atoms with van der Waals surface area (Å²) in [7, 11) is 0. The van der Waals surface area contributed by atoms with Crippen molar-refractivity contribution in [3.05, 3.63) is 11.8 Å². The van der Waals surface area contributed by atoms with Crippen LogP contribution in [0.25, 0.3) is 0 Å². The first-order valence-electron chi connectivity index (χ1n) is 9.53. The molecule has 2 rings (SSSR count). The normalized spacial score (nSPS) is 27.1. The van der Waals surface area contributed by atoms with Gasteiger partial charge in [-0.15, -0.1) is 6.42 Å². The third-order valence-electron chi connectivity index (χ3n) is 5.23. The van der Waals surface area contributed by atoms with Crippen LogP contribution in [0.1, 0.15) is 51.9 Å². The van der Waals surface area contributed by atoms with E-state index in [0.717, 1.165) is 6.42 Å². The zero-order valence-corrected chi connectivity index (χ0v) is 15.2. The van der Waals surface area contributed by atoms with Crippen molar-refractivity contribution in [3.8, 4) is 12.3 Å². The molecule has 0 aromatic carbocycles. The smallest absolute Gasteiger partial charge is 0.286 e. The Morgan fingerprint density at radius 3 is 2.84 bits per heavy atom. The van der Waals surface area contributed by atoms with Crippen molar-refractivity contribution in [2.24, 2.45) is 17.8 Å². The summed E-state index contributed by atoms with van der Waals surface area (Å²) in [6.07, 6.45) is 14.4. The van der Waals surface area contributed by atoms with E-state index >= 15 is 0 Å². The summed E-state index contributed by atoms with van der Waals surface area (Å²) in [6, 6.07) is 0. The minimum absolute atomic E-state index is 0.159. The van der Waals surface area contributed by atoms with E-state index in [1.807, 2.05) is 13.0 Å². The van der Waals surface area contributed by atoms with Gasteiger partial charge in [0, 0.05) is 19.1 Å². The Morgan fingerprint density at radius 2 is 2.20 bits per heavy atom. The molecule has 0 radical (unpaired) electrons. The van der Waals surface area contributed by atoms with Gasteiger partial charge in [-0.05, 0) is 50.5 Å². The fraction of sp³-hybridized carbons (Fsp3) is 0.750. The van der Waals surface area contributed by atoms with Crippen LogP contribution in [0, 0.1) is 30.1 Å². The topological polar surface area (TPSA) is 67.8 Å². The van der Waals surface area contributed by atoms with Crippen LogP contribution >= 0.6 is 0 Å². The molecule has 1 aliphatic heterocycles. The van der Waals surface area contributed by atoms with Gasteiger partial charge in [0.2, 0.25) is 6.29 Å². The van der Waals surface area contributed by atoms with Crippen molar-refractivity contribution in [2.75, 3.05) is 19.8 Å². The summed E-state index contributed by atoms with van der Waals surface area (Å²) in [4.78, 5) is 12.4. The van der Waals surface area contributed by atoms with E-state index in [1.165, 1.54) is 32.1 Å². The number of nitrogens with one attached hydrogen (secondary N) is 1. The van der Waals surface area contributed by atoms with E-state index in [4.69, 9.17) is 15.9 Å². The molecule has 1 fully saturated rings. The number of ether oxygens (including phenoxy) is 2. The third kappa shape index (κ3) is 5.49. The molecule has 0 aromatic heterocycles. The number of allylic oxidation sites excluding steroid dienone is 1. The van der Waals surface area contributed by atoms with Gasteiger partial charge in [-0.2, -0.15) is 0 Å². The van der Waals surface area contributed by atoms with Crippen LogP contribution in [0.15, 0.2) is 11.8 Å². The predicted molar refractivity (Wildman–Crippen MR) is 96.3 cm³/mol. The molecule has 1 aliphatic carbocycles. The summed E-state index contributed by atoms with van der Waals surface area (Å²) in [5.74, 6) is 3.41. The summed E-state index contributed by atoms with van der Waals surface area (Å²) < 4.78 is 11.7. The van der Waals surface area contributed by atoms with Gasteiger partial charge >= 0.3 is 0 Å². The molecule has 140 valence electrons. The Labute approximate surface area is 151 Å². The number of aliphatic hydroxyl groups is 1. The molecule has 0 unspecified atom stereocenters. The number of hydrogen-bond donors (Lipinski definition) is 2. The standard InChI is InChI=1S/C20H31NO4/c1-3-12-21-19(23)18-14-17(15-9-6-5-7-10-15)16(11-8-13-22)20(25-18)24-4-2/h1,14-17,20,22H,4-13H2,2H3,(H,21,23)/t16-,17+,20+/m0/s1. The Hall–Kier alpha value is -1.51. The lowest BCUT2D eigenvalue weighted by molar-refractivity contribution is -0.176. The Balaban J connectivity index is 2.23. The van der Waals surface area contributed by atoms with Crippen molar-refractivity contribution < 1.29 is 19.4 Å². The lowest BCUT2D eigenvalue weighted by atomic mass is 9.71. The second-order valence-electron chi connectivity index (χ2n) is 6.86. The molecule has 1 saturated carbocycles. The van der Waals surface area contributed by atoms with Crippen molar-refractivity contribution in [1.29, 1.82) is 0 Å². The fourth-order valence-electron chi connectivity index (χ4n) is 4.06. The van der Waals surface area contributed by atoms with Gasteiger partial charge in [-0.1, -0.05) is 25.2 Å². The molecule has 0 saturated heterocycles. The number of aliphatic hydroxyl groups excluding tert-OH is 1. The maximum atomic E-state index is 12.4. The molecular formula is C20H31NO4. The number of terminal acetylenes is 1. The summed E-state index contributed by atoms with van der Waals surface area (Å²) >= 11 is 0. The summed E-state index contributed by atoms with van der Waals surface area (Å²) in [6.45, 7) is 2.79. The highest BCUT2D eigenvalue weighted by atomic mass is 16.7. The van der Waals surface area contributed by atoms with E-state index < -0.39 is 6.29 Å². The van der Waals surface area contributed by atoms with E-state index in [9.17, 15) is 9.90 Å². The second-order valence-corrected chi connectivity index (χ2v) is 6.86. The molecule has 2 aliphatic rings. The van der Waals surface area contributed by atoms with Gasteiger partial charge in [0.25, 0.3) is 5.91 Å². The highest BCUT2D eigenvalue weighted by molar-refractivity contribution is 5.91. The van der Waals surface area contributed by atoms with E-state index in [2.05, 4.69) is 11.2 Å². The Kier molecular flexibility index (Phi) is 8.30. The molecule has 3 atom stereocenters. The van der Waals surface area contributed by atoms with Crippen LogP contribution in [0.4, 0.5) is 0 Å². The van der Waals surface area contributed by atoms with Gasteiger partial charge in [-0.3, -0.25) is 4.79 Å². The van der Waals surface area contributed by atoms with E-state index in [1.54, 1.807) is 0 Å². The number of carbonyl (C=O) groups is 1. The molecule has 25 heavy (non-hydrogen) atoms. The average Bonchev–Trinajstić information content (AvgIpc) is 2.65.